The summed E-state index contributed by atoms with van der Waals surface area (Å²) < 4.78 is 0. The van der Waals surface area contributed by atoms with E-state index in [-0.39, 0.29) is 0 Å². The highest BCUT2D eigenvalue weighted by atomic mass is 14.9. The first kappa shape index (κ1) is 8.58. The maximum atomic E-state index is 3.97. The van der Waals surface area contributed by atoms with Crippen LogP contribution in [0.4, 0.5) is 5.69 Å². The molecule has 0 aliphatic carbocycles. The topological polar surface area (TPSA) is 24.9 Å². The molecule has 0 saturated heterocycles. The lowest BCUT2D eigenvalue weighted by molar-refractivity contribution is 1.12. The van der Waals surface area contributed by atoms with Crippen LogP contribution in [0.3, 0.4) is 0 Å². The van der Waals surface area contributed by atoms with Crippen LogP contribution in [0.1, 0.15) is 5.56 Å². The Kier molecular flexibility index (Phi) is 2.63. The van der Waals surface area contributed by atoms with Gasteiger partial charge < -0.3 is 5.32 Å². The predicted molar refractivity (Wildman–Crippen MR) is 55.7 cm³/mol. The standard InChI is InChI=1S/C12H10N2/c1-2-6-12(7-3-1)14-10-11-5-4-8-13-9-11/h1-3,6-9,14H,10H2. The van der Waals surface area contributed by atoms with Gasteiger partial charge in [-0.15, -0.1) is 0 Å². The van der Waals surface area contributed by atoms with Crippen molar-refractivity contribution in [1.82, 2.24) is 4.98 Å². The van der Waals surface area contributed by atoms with Gasteiger partial charge in [-0.05, 0) is 18.2 Å². The number of aromatic nitrogens is 1. The predicted octanol–water partition coefficient (Wildman–Crippen LogP) is 2.29. The summed E-state index contributed by atoms with van der Waals surface area (Å²) in [5.74, 6) is 0. The van der Waals surface area contributed by atoms with E-state index in [2.05, 4.69) is 22.4 Å². The van der Waals surface area contributed by atoms with Crippen molar-refractivity contribution in [2.75, 3.05) is 5.32 Å². The van der Waals surface area contributed by atoms with Crippen LogP contribution in [0.25, 0.3) is 0 Å². The Morgan fingerprint density at radius 3 is 2.79 bits per heavy atom. The van der Waals surface area contributed by atoms with Crippen LogP contribution in [0.2, 0.25) is 0 Å². The van der Waals surface area contributed by atoms with Gasteiger partial charge in [-0.3, -0.25) is 4.98 Å². The van der Waals surface area contributed by atoms with Crippen molar-refractivity contribution in [3.8, 4) is 0 Å². The van der Waals surface area contributed by atoms with Crippen LogP contribution < -0.4 is 5.32 Å². The van der Waals surface area contributed by atoms with Gasteiger partial charge in [0, 0.05) is 24.0 Å². The summed E-state index contributed by atoms with van der Waals surface area (Å²) in [5.41, 5.74) is 2.11. The van der Waals surface area contributed by atoms with Crippen molar-refractivity contribution in [1.29, 1.82) is 0 Å². The molecule has 1 N–H and O–H groups in total. The van der Waals surface area contributed by atoms with E-state index < -0.39 is 0 Å². The summed E-state index contributed by atoms with van der Waals surface area (Å²) >= 11 is 0. The maximum Gasteiger partial charge on any atom is 0.0770 e. The largest absolute Gasteiger partial charge is 0.380 e. The molecule has 1 aromatic heterocycles. The van der Waals surface area contributed by atoms with Crippen LogP contribution in [-0.2, 0) is 6.54 Å². The Balaban J connectivity index is 1.96. The molecule has 0 unspecified atom stereocenters. The zero-order valence-corrected chi connectivity index (χ0v) is 7.70. The first-order chi connectivity index (χ1) is 6.95. The summed E-state index contributed by atoms with van der Waals surface area (Å²) in [7, 11) is 0. The molecule has 0 aliphatic rings. The third kappa shape index (κ3) is 2.24. The number of benzene rings is 1. The highest BCUT2D eigenvalue weighted by molar-refractivity contribution is 5.42. The molecule has 0 fully saturated rings. The monoisotopic (exact) mass is 182 g/mol. The number of nitrogens with one attached hydrogen (secondary N) is 1. The zero-order valence-electron chi connectivity index (χ0n) is 7.70. The molecule has 0 saturated carbocycles. The first-order valence-corrected chi connectivity index (χ1v) is 4.46. The highest BCUT2D eigenvalue weighted by Gasteiger charge is 1.91. The minimum Gasteiger partial charge on any atom is -0.380 e. The molecule has 1 aromatic carbocycles. The molecular formula is C12H10N2. The summed E-state index contributed by atoms with van der Waals surface area (Å²) in [5, 5.41) is 3.27. The van der Waals surface area contributed by atoms with E-state index in [1.54, 1.807) is 12.4 Å². The number of anilines is 1. The molecule has 0 radical (unpaired) electrons. The lowest BCUT2D eigenvalue weighted by Crippen LogP contribution is -1.98. The van der Waals surface area contributed by atoms with E-state index in [1.165, 1.54) is 0 Å². The molecule has 0 atom stereocenters. The lowest BCUT2D eigenvalue weighted by Gasteiger charge is -2.03. The molecule has 0 aliphatic heterocycles. The smallest absolute Gasteiger partial charge is 0.0770 e. The summed E-state index contributed by atoms with van der Waals surface area (Å²) in [6, 6.07) is 15.9. The maximum absolute atomic E-state index is 3.97. The normalized spacial score (nSPS) is 9.14. The molecular weight excluding hydrogens is 172 g/mol. The van der Waals surface area contributed by atoms with Crippen LogP contribution in [0.5, 0.6) is 0 Å². The minimum atomic E-state index is 0.731. The van der Waals surface area contributed by atoms with Gasteiger partial charge in [0.15, 0.2) is 0 Å². The van der Waals surface area contributed by atoms with Crippen molar-refractivity contribution in [2.24, 2.45) is 0 Å². The Hall–Kier alpha value is -2.01. The van der Waals surface area contributed by atoms with Crippen molar-refractivity contribution < 1.29 is 0 Å². The summed E-state index contributed by atoms with van der Waals surface area (Å²) in [4.78, 5) is 3.97. The average molecular weight is 182 g/mol. The third-order valence-electron chi connectivity index (χ3n) is 1.86. The molecule has 0 bridgehead atoms. The molecule has 1 heterocycles. The molecule has 2 aromatic rings. The van der Waals surface area contributed by atoms with Crippen molar-refractivity contribution in [3.05, 3.63) is 60.4 Å². The molecule has 68 valence electrons. The molecule has 0 spiro atoms. The van der Waals surface area contributed by atoms with E-state index in [0.29, 0.717) is 0 Å². The minimum absolute atomic E-state index is 0.731. The van der Waals surface area contributed by atoms with E-state index in [9.17, 15) is 0 Å². The van der Waals surface area contributed by atoms with Crippen LogP contribution in [0, 0.1) is 12.1 Å². The summed E-state index contributed by atoms with van der Waals surface area (Å²) in [6.07, 6.45) is 3.39. The van der Waals surface area contributed by atoms with E-state index in [1.807, 2.05) is 30.3 Å². The van der Waals surface area contributed by atoms with Gasteiger partial charge in [0.2, 0.25) is 0 Å². The second-order valence-electron chi connectivity index (χ2n) is 2.92. The molecule has 2 nitrogen and oxygen atoms in total. The Morgan fingerprint density at radius 1 is 1.21 bits per heavy atom. The summed E-state index contributed by atoms with van der Waals surface area (Å²) in [6.45, 7) is 0.731. The van der Waals surface area contributed by atoms with Gasteiger partial charge in [-0.1, -0.05) is 24.3 Å². The fourth-order valence-electron chi connectivity index (χ4n) is 1.16. The molecule has 0 amide bonds. The van der Waals surface area contributed by atoms with Crippen LogP contribution in [0.15, 0.2) is 42.7 Å². The SMILES string of the molecule is c1cncc(CNc2ccccc2)c#1. The molecule has 14 heavy (non-hydrogen) atoms. The third-order valence-corrected chi connectivity index (χ3v) is 1.86. The number of hydrogen-bond donors (Lipinski definition) is 1. The highest BCUT2D eigenvalue weighted by Crippen LogP contribution is 2.06. The van der Waals surface area contributed by atoms with Gasteiger partial charge in [-0.25, -0.2) is 0 Å². The van der Waals surface area contributed by atoms with E-state index in [0.717, 1.165) is 17.8 Å². The van der Waals surface area contributed by atoms with Crippen molar-refractivity contribution in [3.63, 3.8) is 0 Å². The van der Waals surface area contributed by atoms with Crippen LogP contribution >= 0.6 is 0 Å². The fraction of sp³-hybridized carbons (Fsp3) is 0.0833. The van der Waals surface area contributed by atoms with E-state index in [4.69, 9.17) is 0 Å². The number of hydrogen-bond acceptors (Lipinski definition) is 2. The van der Waals surface area contributed by atoms with Crippen molar-refractivity contribution >= 4 is 5.69 Å². The zero-order chi connectivity index (χ0) is 9.64. The van der Waals surface area contributed by atoms with Gasteiger partial charge >= 0.3 is 0 Å². The number of para-hydroxylation sites is 1. The second-order valence-corrected chi connectivity index (χ2v) is 2.92. The quantitative estimate of drug-likeness (QED) is 0.787. The first-order valence-electron chi connectivity index (χ1n) is 4.46. The molecule has 2 heteroatoms. The lowest BCUT2D eigenvalue weighted by atomic mass is 10.3. The fourth-order valence-corrected chi connectivity index (χ4v) is 1.16. The Bertz CT molecular complexity index is 331. The van der Waals surface area contributed by atoms with Gasteiger partial charge in [0.25, 0.3) is 0 Å². The Labute approximate surface area is 83.6 Å². The Morgan fingerprint density at radius 2 is 2.07 bits per heavy atom. The van der Waals surface area contributed by atoms with Gasteiger partial charge in [0.05, 0.1) is 6.20 Å². The molecule has 2 rings (SSSR count). The van der Waals surface area contributed by atoms with Crippen molar-refractivity contribution in [2.45, 2.75) is 6.54 Å². The number of nitrogens with zero attached hydrogens (tertiary/aromatic N) is 1. The number of rotatable bonds is 3. The van der Waals surface area contributed by atoms with E-state index >= 15 is 0 Å². The van der Waals surface area contributed by atoms with Crippen LogP contribution in [-0.4, -0.2) is 4.98 Å². The average Bonchev–Trinajstić information content (AvgIpc) is 2.29. The van der Waals surface area contributed by atoms with Gasteiger partial charge in [-0.2, -0.15) is 0 Å². The van der Waals surface area contributed by atoms with Gasteiger partial charge in [0.1, 0.15) is 0 Å². The second kappa shape index (κ2) is 4.29.